The van der Waals surface area contributed by atoms with Gasteiger partial charge >= 0.3 is 5.97 Å². The molecule has 0 aromatic rings. The van der Waals surface area contributed by atoms with E-state index in [-0.39, 0.29) is 57.6 Å². The van der Waals surface area contributed by atoms with Crippen LogP contribution in [0.25, 0.3) is 0 Å². The van der Waals surface area contributed by atoms with E-state index in [9.17, 15) is 19.5 Å². The van der Waals surface area contributed by atoms with E-state index >= 15 is 0 Å². The number of nitrogens with one attached hydrogen (secondary N) is 1. The number of nitrogens with zero attached hydrogens (tertiary/aromatic N) is 1. The fourth-order valence-electron chi connectivity index (χ4n) is 10.1. The number of carboxylic acids is 1. The Morgan fingerprint density at radius 2 is 1.76 bits per heavy atom. The molecule has 0 spiro atoms. The number of hydrogen-bond donors (Lipinski definition) is 2. The summed E-state index contributed by atoms with van der Waals surface area (Å²) >= 11 is 0. The SMILES string of the molecule is CO/N=C/C(=O)NC1CCC2(C)C(CCC3(C)C4CCC5(C)CCC(C(=O)O)CC5C4=CC(=O)C32)C1C. The lowest BCUT2D eigenvalue weighted by molar-refractivity contribution is -0.162. The normalized spacial score (nSPS) is 47.1. The highest BCUT2D eigenvalue weighted by Gasteiger charge is 2.65. The van der Waals surface area contributed by atoms with Crippen LogP contribution in [0.1, 0.15) is 85.5 Å². The van der Waals surface area contributed by atoms with Gasteiger partial charge in [-0.05, 0) is 104 Å². The number of hydrogen-bond acceptors (Lipinski definition) is 5. The third-order valence-corrected chi connectivity index (χ3v) is 12.0. The molecule has 0 aliphatic heterocycles. The summed E-state index contributed by atoms with van der Waals surface area (Å²) in [5.41, 5.74) is 1.18. The van der Waals surface area contributed by atoms with Crippen molar-refractivity contribution in [2.45, 2.75) is 91.5 Å². The molecule has 4 fully saturated rings. The number of allylic oxidation sites excluding steroid dienone is 2. The summed E-state index contributed by atoms with van der Waals surface area (Å²) in [6.45, 7) is 9.27. The van der Waals surface area contributed by atoms with Crippen molar-refractivity contribution in [1.29, 1.82) is 0 Å². The molecule has 0 aromatic carbocycles. The monoisotopic (exact) mass is 512 g/mol. The first-order valence-corrected chi connectivity index (χ1v) is 14.3. The Labute approximate surface area is 220 Å². The molecule has 2 N–H and O–H groups in total. The van der Waals surface area contributed by atoms with Crippen molar-refractivity contribution in [1.82, 2.24) is 5.32 Å². The van der Waals surface area contributed by atoms with Crippen molar-refractivity contribution in [2.75, 3.05) is 7.11 Å². The number of carboxylic acid groups (broad SMARTS) is 1. The maximum atomic E-state index is 14.1. The zero-order valence-corrected chi connectivity index (χ0v) is 23.1. The highest BCUT2D eigenvalue weighted by molar-refractivity contribution is 6.26. The number of oxime groups is 1. The number of aliphatic carboxylic acids is 1. The van der Waals surface area contributed by atoms with Gasteiger partial charge in [0.2, 0.25) is 0 Å². The molecule has 5 aliphatic rings. The smallest absolute Gasteiger partial charge is 0.306 e. The van der Waals surface area contributed by atoms with Gasteiger partial charge in [-0.2, -0.15) is 0 Å². The zero-order chi connectivity index (χ0) is 26.8. The number of ketones is 1. The highest BCUT2D eigenvalue weighted by atomic mass is 16.6. The number of rotatable bonds is 4. The molecule has 0 bridgehead atoms. The van der Waals surface area contributed by atoms with Gasteiger partial charge in [-0.15, -0.1) is 0 Å². The molecule has 7 nitrogen and oxygen atoms in total. The van der Waals surface area contributed by atoms with Gasteiger partial charge in [0.1, 0.15) is 13.3 Å². The Kier molecular flexibility index (Phi) is 6.59. The lowest BCUT2D eigenvalue weighted by Crippen LogP contribution is -2.63. The van der Waals surface area contributed by atoms with Crippen LogP contribution >= 0.6 is 0 Å². The van der Waals surface area contributed by atoms with Crippen LogP contribution in [0.3, 0.4) is 0 Å². The largest absolute Gasteiger partial charge is 0.481 e. The molecule has 5 aliphatic carbocycles. The molecule has 0 heterocycles. The predicted molar refractivity (Wildman–Crippen MR) is 141 cm³/mol. The van der Waals surface area contributed by atoms with E-state index in [1.54, 1.807) is 0 Å². The molecule has 10 unspecified atom stereocenters. The Hall–Kier alpha value is -2.18. The molecule has 7 heteroatoms. The van der Waals surface area contributed by atoms with Crippen LogP contribution in [0.15, 0.2) is 16.8 Å². The number of carbonyl (C=O) groups excluding carboxylic acids is 2. The summed E-state index contributed by atoms with van der Waals surface area (Å²) in [7, 11) is 1.42. The van der Waals surface area contributed by atoms with Crippen molar-refractivity contribution in [3.8, 4) is 0 Å². The lowest BCUT2D eigenvalue weighted by Gasteiger charge is -2.65. The summed E-state index contributed by atoms with van der Waals surface area (Å²) in [5, 5.41) is 16.5. The van der Waals surface area contributed by atoms with Gasteiger partial charge in [0.05, 0.1) is 5.92 Å². The molecular formula is C30H44N2O5. The molecule has 10 atom stereocenters. The average Bonchev–Trinajstić information content (AvgIpc) is 2.83. The maximum absolute atomic E-state index is 14.1. The second-order valence-electron chi connectivity index (χ2n) is 13.7. The molecule has 0 aromatic heterocycles. The third-order valence-electron chi connectivity index (χ3n) is 12.0. The molecule has 0 radical (unpaired) electrons. The minimum atomic E-state index is -0.685. The molecule has 1 amide bonds. The van der Waals surface area contributed by atoms with Crippen LogP contribution in [0.2, 0.25) is 0 Å². The van der Waals surface area contributed by atoms with Crippen LogP contribution in [0, 0.1) is 51.8 Å². The summed E-state index contributed by atoms with van der Waals surface area (Å²) in [6, 6.07) is 0.0635. The van der Waals surface area contributed by atoms with E-state index in [2.05, 4.69) is 43.0 Å². The second-order valence-corrected chi connectivity index (χ2v) is 13.7. The molecule has 5 rings (SSSR count). The van der Waals surface area contributed by atoms with E-state index in [1.165, 1.54) is 18.9 Å². The minimum Gasteiger partial charge on any atom is -0.481 e. The van der Waals surface area contributed by atoms with Crippen molar-refractivity contribution < 1.29 is 24.3 Å². The molecule has 204 valence electrons. The third kappa shape index (κ3) is 4.06. The van der Waals surface area contributed by atoms with E-state index in [4.69, 9.17) is 0 Å². The van der Waals surface area contributed by atoms with Crippen LogP contribution in [-0.2, 0) is 19.2 Å². The van der Waals surface area contributed by atoms with Gasteiger partial charge in [-0.1, -0.05) is 38.4 Å². The van der Waals surface area contributed by atoms with Crippen molar-refractivity contribution in [3.05, 3.63) is 11.6 Å². The first kappa shape index (κ1) is 26.4. The Bertz CT molecular complexity index is 1040. The summed E-state index contributed by atoms with van der Waals surface area (Å²) < 4.78 is 0. The number of fused-ring (bicyclic) bond motifs is 7. The number of carbonyl (C=O) groups is 3. The van der Waals surface area contributed by atoms with Crippen LogP contribution in [0.5, 0.6) is 0 Å². The number of amides is 1. The summed E-state index contributed by atoms with van der Waals surface area (Å²) in [5.74, 6) is 0.218. The molecule has 4 saturated carbocycles. The van der Waals surface area contributed by atoms with Crippen molar-refractivity contribution in [2.24, 2.45) is 56.9 Å². The van der Waals surface area contributed by atoms with Crippen molar-refractivity contribution in [3.63, 3.8) is 0 Å². The van der Waals surface area contributed by atoms with Crippen LogP contribution in [0.4, 0.5) is 0 Å². The topological polar surface area (TPSA) is 105 Å². The first-order chi connectivity index (χ1) is 17.4. The quantitative estimate of drug-likeness (QED) is 0.407. The Balaban J connectivity index is 1.44. The molecule has 0 saturated heterocycles. The molecular weight excluding hydrogens is 468 g/mol. The lowest BCUT2D eigenvalue weighted by atomic mass is 9.38. The zero-order valence-electron chi connectivity index (χ0n) is 23.1. The van der Waals surface area contributed by atoms with Crippen LogP contribution in [-0.4, -0.2) is 42.1 Å². The Morgan fingerprint density at radius 3 is 2.46 bits per heavy atom. The van der Waals surface area contributed by atoms with E-state index < -0.39 is 5.97 Å². The minimum absolute atomic E-state index is 0.0233. The van der Waals surface area contributed by atoms with E-state index in [1.807, 2.05) is 6.08 Å². The van der Waals surface area contributed by atoms with Gasteiger partial charge in [-0.25, -0.2) is 0 Å². The average molecular weight is 513 g/mol. The molecule has 37 heavy (non-hydrogen) atoms. The fourth-order valence-corrected chi connectivity index (χ4v) is 10.1. The predicted octanol–water partition coefficient (Wildman–Crippen LogP) is 5.00. The van der Waals surface area contributed by atoms with Crippen LogP contribution < -0.4 is 5.32 Å². The Morgan fingerprint density at radius 1 is 1.05 bits per heavy atom. The van der Waals surface area contributed by atoms with Gasteiger partial charge in [0.25, 0.3) is 5.91 Å². The van der Waals surface area contributed by atoms with Gasteiger partial charge in [0.15, 0.2) is 5.78 Å². The standard InChI is InChI=1S/C30H44N2O5/c1-17-20-8-12-30(4)21-7-11-28(2)10-6-18(27(35)36)14-22(28)19(21)15-24(33)26(30)29(20,3)13-9-23(17)32-25(34)16-31-37-5/h15-18,20-23,26H,6-14H2,1-5H3,(H,32,34)(H,35,36)/b31-16+. The summed E-state index contributed by atoms with van der Waals surface area (Å²) in [4.78, 5) is 43.0. The first-order valence-electron chi connectivity index (χ1n) is 14.3. The van der Waals surface area contributed by atoms with Crippen molar-refractivity contribution >= 4 is 23.9 Å². The second kappa shape index (κ2) is 9.23. The highest BCUT2D eigenvalue weighted by Crippen LogP contribution is 2.69. The van der Waals surface area contributed by atoms with E-state index in [0.29, 0.717) is 18.3 Å². The van der Waals surface area contributed by atoms with Gasteiger partial charge in [-0.3, -0.25) is 14.4 Å². The van der Waals surface area contributed by atoms with E-state index in [0.717, 1.165) is 51.4 Å². The fraction of sp³-hybridized carbons (Fsp3) is 0.800. The van der Waals surface area contributed by atoms with Gasteiger partial charge in [0, 0.05) is 12.0 Å². The summed E-state index contributed by atoms with van der Waals surface area (Å²) in [6.07, 6.45) is 11.6. The maximum Gasteiger partial charge on any atom is 0.306 e. The van der Waals surface area contributed by atoms with Gasteiger partial charge < -0.3 is 15.3 Å².